The first-order valence-corrected chi connectivity index (χ1v) is 8.56. The van der Waals surface area contributed by atoms with E-state index in [0.717, 1.165) is 11.1 Å². The maximum atomic E-state index is 12.6. The van der Waals surface area contributed by atoms with Crippen LogP contribution in [0.4, 0.5) is 0 Å². The van der Waals surface area contributed by atoms with E-state index in [1.807, 2.05) is 48.5 Å². The van der Waals surface area contributed by atoms with Gasteiger partial charge in [-0.2, -0.15) is 0 Å². The second-order valence-corrected chi connectivity index (χ2v) is 6.23. The molecule has 7 nitrogen and oxygen atoms in total. The average molecular weight is 367 g/mol. The zero-order valence-corrected chi connectivity index (χ0v) is 15.2. The molecule has 0 fully saturated rings. The summed E-state index contributed by atoms with van der Waals surface area (Å²) in [5.74, 6) is -0.780. The number of carbonyl (C=O) groups excluding carboxylic acids is 2. The van der Waals surface area contributed by atoms with Crippen molar-refractivity contribution in [3.8, 4) is 0 Å². The zero-order chi connectivity index (χ0) is 19.4. The molecule has 1 atom stereocenters. The van der Waals surface area contributed by atoms with Crippen molar-refractivity contribution in [2.24, 2.45) is 7.05 Å². The van der Waals surface area contributed by atoms with Gasteiger partial charge in [0, 0.05) is 7.05 Å². The van der Waals surface area contributed by atoms with Crippen molar-refractivity contribution in [2.45, 2.75) is 19.0 Å². The molecule has 1 amide bonds. The fraction of sp³-hybridized carbons (Fsp3) is 0.250. The van der Waals surface area contributed by atoms with E-state index in [4.69, 9.17) is 4.74 Å². The van der Waals surface area contributed by atoms with Crippen molar-refractivity contribution in [1.29, 1.82) is 0 Å². The third kappa shape index (κ3) is 3.92. The van der Waals surface area contributed by atoms with Crippen LogP contribution in [0.15, 0.2) is 59.4 Å². The molecule has 0 aliphatic rings. The van der Waals surface area contributed by atoms with Crippen LogP contribution in [0.1, 0.15) is 18.0 Å². The Morgan fingerprint density at radius 2 is 1.67 bits per heavy atom. The van der Waals surface area contributed by atoms with Gasteiger partial charge in [0.2, 0.25) is 5.91 Å². The van der Waals surface area contributed by atoms with Gasteiger partial charge < -0.3 is 10.1 Å². The van der Waals surface area contributed by atoms with Crippen LogP contribution in [0.25, 0.3) is 11.0 Å². The van der Waals surface area contributed by atoms with E-state index in [1.54, 1.807) is 13.1 Å². The van der Waals surface area contributed by atoms with Crippen LogP contribution < -0.4 is 11.0 Å². The topological polar surface area (TPSA) is 82.3 Å². The fourth-order valence-corrected chi connectivity index (χ4v) is 3.09. The van der Waals surface area contributed by atoms with Gasteiger partial charge in [-0.1, -0.05) is 42.5 Å². The molecule has 0 aliphatic carbocycles. The molecular formula is C20H21N3O4. The van der Waals surface area contributed by atoms with E-state index in [-0.39, 0.29) is 24.6 Å². The monoisotopic (exact) mass is 367 g/mol. The number of ether oxygens (including phenoxy) is 1. The van der Waals surface area contributed by atoms with Gasteiger partial charge in [-0.05, 0) is 17.7 Å². The van der Waals surface area contributed by atoms with Crippen molar-refractivity contribution in [3.05, 3.63) is 70.6 Å². The smallest absolute Gasteiger partial charge is 0.329 e. The van der Waals surface area contributed by atoms with Crippen molar-refractivity contribution < 1.29 is 14.3 Å². The number of amides is 1. The highest BCUT2D eigenvalue weighted by molar-refractivity contribution is 5.81. The molecule has 0 saturated heterocycles. The summed E-state index contributed by atoms with van der Waals surface area (Å²) in [4.78, 5) is 36.8. The first-order valence-electron chi connectivity index (χ1n) is 8.56. The van der Waals surface area contributed by atoms with Crippen LogP contribution >= 0.6 is 0 Å². The van der Waals surface area contributed by atoms with E-state index in [9.17, 15) is 14.4 Å². The zero-order valence-electron chi connectivity index (χ0n) is 15.2. The van der Waals surface area contributed by atoms with Crippen LogP contribution in [-0.2, 0) is 27.9 Å². The summed E-state index contributed by atoms with van der Waals surface area (Å²) in [6.45, 7) is -0.134. The summed E-state index contributed by atoms with van der Waals surface area (Å²) in [6, 6.07) is 15.9. The number of benzene rings is 2. The molecule has 0 spiro atoms. The van der Waals surface area contributed by atoms with Gasteiger partial charge in [0.05, 0.1) is 30.6 Å². The van der Waals surface area contributed by atoms with Gasteiger partial charge in [-0.3, -0.25) is 18.7 Å². The van der Waals surface area contributed by atoms with Crippen molar-refractivity contribution in [3.63, 3.8) is 0 Å². The quantitative estimate of drug-likeness (QED) is 0.673. The molecule has 1 unspecified atom stereocenters. The van der Waals surface area contributed by atoms with Gasteiger partial charge in [0.1, 0.15) is 6.54 Å². The largest absolute Gasteiger partial charge is 0.469 e. The Balaban J connectivity index is 1.84. The standard InChI is InChI=1S/C20H21N3O4/c1-22-16-10-6-7-11-17(16)23(20(22)26)13-18(24)21-15(12-19(25)27-2)14-8-4-3-5-9-14/h3-11,15H,12-13H2,1-2H3,(H,21,24). The fourth-order valence-electron chi connectivity index (χ4n) is 3.09. The number of carbonyl (C=O) groups is 2. The molecule has 0 saturated carbocycles. The first-order chi connectivity index (χ1) is 13.0. The van der Waals surface area contributed by atoms with Gasteiger partial charge in [-0.25, -0.2) is 4.79 Å². The van der Waals surface area contributed by atoms with Crippen LogP contribution in [0, 0.1) is 0 Å². The van der Waals surface area contributed by atoms with Gasteiger partial charge in [-0.15, -0.1) is 0 Å². The van der Waals surface area contributed by atoms with Crippen LogP contribution in [0.5, 0.6) is 0 Å². The number of imidazole rings is 1. The molecule has 0 aliphatic heterocycles. The summed E-state index contributed by atoms with van der Waals surface area (Å²) in [5.41, 5.74) is 1.96. The molecule has 27 heavy (non-hydrogen) atoms. The Labute approximate surface area is 156 Å². The Hall–Kier alpha value is -3.35. The Bertz CT molecular complexity index is 1020. The van der Waals surface area contributed by atoms with E-state index in [0.29, 0.717) is 5.52 Å². The summed E-state index contributed by atoms with van der Waals surface area (Å²) in [6.07, 6.45) is 0.0106. The van der Waals surface area contributed by atoms with E-state index in [1.165, 1.54) is 16.2 Å². The summed E-state index contributed by atoms with van der Waals surface area (Å²) in [7, 11) is 2.98. The number of aryl methyl sites for hydroxylation is 1. The van der Waals surface area contributed by atoms with Crippen molar-refractivity contribution in [2.75, 3.05) is 7.11 Å². The Morgan fingerprint density at radius 3 is 2.33 bits per heavy atom. The highest BCUT2D eigenvalue weighted by Gasteiger charge is 2.20. The predicted molar refractivity (Wildman–Crippen MR) is 101 cm³/mol. The minimum Gasteiger partial charge on any atom is -0.469 e. The van der Waals surface area contributed by atoms with E-state index >= 15 is 0 Å². The molecule has 0 bridgehead atoms. The molecule has 1 N–H and O–H groups in total. The molecule has 1 heterocycles. The second kappa shape index (κ2) is 7.90. The minimum atomic E-state index is -0.531. The van der Waals surface area contributed by atoms with E-state index < -0.39 is 12.0 Å². The molecule has 3 rings (SSSR count). The van der Waals surface area contributed by atoms with Gasteiger partial charge >= 0.3 is 11.7 Å². The number of esters is 1. The van der Waals surface area contributed by atoms with Crippen molar-refractivity contribution >= 4 is 22.9 Å². The number of methoxy groups -OCH3 is 1. The summed E-state index contributed by atoms with van der Waals surface area (Å²) < 4.78 is 7.66. The number of rotatable bonds is 6. The normalized spacial score (nSPS) is 11.9. The first kappa shape index (κ1) is 18.4. The number of aromatic nitrogens is 2. The maximum Gasteiger partial charge on any atom is 0.329 e. The lowest BCUT2D eigenvalue weighted by Crippen LogP contribution is -2.35. The number of nitrogens with zero attached hydrogens (tertiary/aromatic N) is 2. The molecule has 7 heteroatoms. The third-order valence-corrected chi connectivity index (χ3v) is 4.49. The molecule has 2 aromatic carbocycles. The molecule has 0 radical (unpaired) electrons. The van der Waals surface area contributed by atoms with Crippen LogP contribution in [0.2, 0.25) is 0 Å². The second-order valence-electron chi connectivity index (χ2n) is 6.23. The molecule has 3 aromatic rings. The highest BCUT2D eigenvalue weighted by atomic mass is 16.5. The lowest BCUT2D eigenvalue weighted by Gasteiger charge is -2.18. The van der Waals surface area contributed by atoms with Crippen LogP contribution in [-0.4, -0.2) is 28.1 Å². The number of hydrogen-bond acceptors (Lipinski definition) is 4. The summed E-state index contributed by atoms with van der Waals surface area (Å²) in [5, 5.41) is 2.84. The number of fused-ring (bicyclic) bond motifs is 1. The highest BCUT2D eigenvalue weighted by Crippen LogP contribution is 2.17. The lowest BCUT2D eigenvalue weighted by molar-refractivity contribution is -0.141. The third-order valence-electron chi connectivity index (χ3n) is 4.49. The molecule has 1 aromatic heterocycles. The average Bonchev–Trinajstić information content (AvgIpc) is 2.93. The Kier molecular flexibility index (Phi) is 5.40. The number of hydrogen-bond donors (Lipinski definition) is 1. The molecule has 140 valence electrons. The lowest BCUT2D eigenvalue weighted by atomic mass is 10.0. The van der Waals surface area contributed by atoms with Crippen LogP contribution in [0.3, 0.4) is 0 Å². The van der Waals surface area contributed by atoms with Crippen molar-refractivity contribution in [1.82, 2.24) is 14.5 Å². The Morgan fingerprint density at radius 1 is 1.04 bits per heavy atom. The van der Waals surface area contributed by atoms with Gasteiger partial charge in [0.25, 0.3) is 0 Å². The van der Waals surface area contributed by atoms with Gasteiger partial charge in [0.15, 0.2) is 0 Å². The summed E-state index contributed by atoms with van der Waals surface area (Å²) >= 11 is 0. The van der Waals surface area contributed by atoms with E-state index in [2.05, 4.69) is 5.32 Å². The maximum absolute atomic E-state index is 12.6. The molecular weight excluding hydrogens is 346 g/mol. The minimum absolute atomic E-state index is 0.0106. The SMILES string of the molecule is COC(=O)CC(NC(=O)Cn1c(=O)n(C)c2ccccc21)c1ccccc1. The number of nitrogens with one attached hydrogen (secondary N) is 1. The predicted octanol–water partition coefficient (Wildman–Crippen LogP) is 1.76. The number of para-hydroxylation sites is 2.